The molecule has 2 aromatic carbocycles. The van der Waals surface area contributed by atoms with Gasteiger partial charge in [0.25, 0.3) is 0 Å². The van der Waals surface area contributed by atoms with Gasteiger partial charge in [0, 0.05) is 8.25 Å². The highest BCUT2D eigenvalue weighted by Gasteiger charge is 2.39. The first-order valence-corrected chi connectivity index (χ1v) is 8.54. The van der Waals surface area contributed by atoms with Crippen LogP contribution >= 0.6 is 0 Å². The van der Waals surface area contributed by atoms with E-state index in [-0.39, 0.29) is 13.7 Å². The summed E-state index contributed by atoms with van der Waals surface area (Å²) < 4.78 is 41.4. The van der Waals surface area contributed by atoms with Crippen LogP contribution in [0.25, 0.3) is 0 Å². The summed E-state index contributed by atoms with van der Waals surface area (Å²) in [6.45, 7) is 0. The first-order valence-electron chi connectivity index (χ1n) is 5.51. The number of nitrogens with zero attached hydrogens (tertiary/aromatic N) is 1. The zero-order valence-electron chi connectivity index (χ0n) is 9.73. The Morgan fingerprint density at radius 3 is 1.47 bits per heavy atom. The average molecular weight is 295 g/mol. The Morgan fingerprint density at radius 1 is 0.789 bits per heavy atom. The van der Waals surface area contributed by atoms with Gasteiger partial charge in [-0.2, -0.15) is 0 Å². The van der Waals surface area contributed by atoms with Gasteiger partial charge in [-0.1, -0.05) is 36.4 Å². The molecule has 0 radical (unpaired) electrons. The third-order valence-corrected chi connectivity index (χ3v) is 8.45. The molecular formula is C13H10FNO2S2. The third kappa shape index (κ3) is 1.73. The molecule has 98 valence electrons. The molecule has 2 aromatic rings. The van der Waals surface area contributed by atoms with Crippen molar-refractivity contribution in [1.82, 2.24) is 3.93 Å². The number of hydrogen-bond acceptors (Lipinski definition) is 2. The van der Waals surface area contributed by atoms with Crippen molar-refractivity contribution in [2.45, 2.75) is 9.79 Å². The number of rotatable bonds is 2. The molecule has 1 aliphatic heterocycles. The van der Waals surface area contributed by atoms with Crippen molar-refractivity contribution >= 4 is 23.7 Å². The van der Waals surface area contributed by atoms with Crippen LogP contribution in [0, 0.1) is 0 Å². The first kappa shape index (κ1) is 12.4. The van der Waals surface area contributed by atoms with Gasteiger partial charge >= 0.3 is 0 Å². The second-order valence-corrected chi connectivity index (χ2v) is 8.56. The molecule has 19 heavy (non-hydrogen) atoms. The summed E-state index contributed by atoms with van der Waals surface area (Å²) in [5.41, 5.74) is 0. The molecule has 1 heterocycles. The molecule has 2 atom stereocenters. The van der Waals surface area contributed by atoms with Crippen LogP contribution in [-0.4, -0.2) is 16.7 Å². The van der Waals surface area contributed by atoms with E-state index in [4.69, 9.17) is 0 Å². The molecular weight excluding hydrogens is 285 g/mol. The molecule has 0 fully saturated rings. The monoisotopic (exact) mass is 295 g/mol. The smallest absolute Gasteiger partial charge is 0.150 e. The van der Waals surface area contributed by atoms with Crippen molar-refractivity contribution < 1.29 is 12.9 Å². The Bertz CT molecular complexity index is 789. The molecule has 0 bridgehead atoms. The van der Waals surface area contributed by atoms with Crippen molar-refractivity contribution in [2.75, 3.05) is 0 Å². The lowest BCUT2D eigenvalue weighted by Gasteiger charge is -2.26. The van der Waals surface area contributed by atoms with E-state index in [0.717, 1.165) is 0 Å². The molecule has 0 saturated heterocycles. The van der Waals surface area contributed by atoms with Crippen molar-refractivity contribution in [1.29, 1.82) is 0 Å². The van der Waals surface area contributed by atoms with E-state index in [1.807, 2.05) is 0 Å². The van der Waals surface area contributed by atoms with Crippen LogP contribution in [0.2, 0.25) is 0 Å². The lowest BCUT2D eigenvalue weighted by atomic mass is 10.4. The fourth-order valence-corrected chi connectivity index (χ4v) is 7.12. The molecule has 0 N–H and O–H groups in total. The van der Waals surface area contributed by atoms with E-state index in [2.05, 4.69) is 4.31 Å². The maximum atomic E-state index is 14.2. The number of halogens is 1. The summed E-state index contributed by atoms with van der Waals surface area (Å²) in [7, 11) is -6.52. The summed E-state index contributed by atoms with van der Waals surface area (Å²) in [6, 6.07) is 16.2. The highest BCUT2D eigenvalue weighted by Crippen LogP contribution is 2.31. The van der Waals surface area contributed by atoms with E-state index in [0.29, 0.717) is 0 Å². The average Bonchev–Trinajstić information content (AvgIpc) is 2.48. The van der Waals surface area contributed by atoms with Gasteiger partial charge < -0.3 is 0 Å². The maximum Gasteiger partial charge on any atom is 0.150 e. The first-order chi connectivity index (χ1) is 9.07. The summed E-state index contributed by atoms with van der Waals surface area (Å²) in [5, 5.41) is 0. The predicted octanol–water partition coefficient (Wildman–Crippen LogP) is 2.34. The van der Waals surface area contributed by atoms with E-state index in [1.54, 1.807) is 36.4 Å². The summed E-state index contributed by atoms with van der Waals surface area (Å²) in [6.07, 6.45) is 0. The van der Waals surface area contributed by atoms with Gasteiger partial charge in [0.1, 0.15) is 19.4 Å². The lowest BCUT2D eigenvalue weighted by molar-refractivity contribution is 0.272. The SMILES string of the molecule is O=S1(c2ccccc2)=C=S(=O)(c2ccccc2)N1F. The predicted molar refractivity (Wildman–Crippen MR) is 73.7 cm³/mol. The van der Waals surface area contributed by atoms with Gasteiger partial charge in [-0.15, -0.1) is 4.48 Å². The van der Waals surface area contributed by atoms with Crippen LogP contribution in [0.15, 0.2) is 70.5 Å². The van der Waals surface area contributed by atoms with E-state index < -0.39 is 19.4 Å². The van der Waals surface area contributed by atoms with Gasteiger partial charge in [-0.05, 0) is 24.3 Å². The molecule has 3 rings (SSSR count). The molecule has 6 heteroatoms. The maximum absolute atomic E-state index is 14.2. The highest BCUT2D eigenvalue weighted by molar-refractivity contribution is 8.25. The van der Waals surface area contributed by atoms with Crippen molar-refractivity contribution in [3.05, 3.63) is 60.7 Å². The number of benzene rings is 2. The van der Waals surface area contributed by atoms with E-state index in [9.17, 15) is 12.9 Å². The summed E-state index contributed by atoms with van der Waals surface area (Å²) >= 11 is 0. The molecule has 1 aliphatic rings. The van der Waals surface area contributed by atoms with Crippen LogP contribution in [0.3, 0.4) is 0 Å². The Labute approximate surface area is 111 Å². The molecule has 0 saturated carbocycles. The van der Waals surface area contributed by atoms with Gasteiger partial charge in [0.05, 0.1) is 9.79 Å². The highest BCUT2D eigenvalue weighted by atomic mass is 32.3. The molecule has 0 aromatic heterocycles. The minimum absolute atomic E-state index is 0.0509. The summed E-state index contributed by atoms with van der Waals surface area (Å²) in [4.78, 5) is 0.541. The van der Waals surface area contributed by atoms with Gasteiger partial charge in [-0.3, -0.25) is 0 Å². The van der Waals surface area contributed by atoms with Crippen molar-refractivity contribution in [2.24, 2.45) is 0 Å². The largest absolute Gasteiger partial charge is 0.235 e. The molecule has 3 nitrogen and oxygen atoms in total. The molecule has 0 amide bonds. The lowest BCUT2D eigenvalue weighted by Crippen LogP contribution is -2.39. The van der Waals surface area contributed by atoms with Crippen LogP contribution < -0.4 is 0 Å². The zero-order chi connectivity index (χ0) is 13.5. The van der Waals surface area contributed by atoms with Crippen LogP contribution in [0.1, 0.15) is 0 Å². The second kappa shape index (κ2) is 4.21. The van der Waals surface area contributed by atoms with Gasteiger partial charge in [0.2, 0.25) is 0 Å². The standard InChI is InChI=1S/C13H10FNO2S2/c14-15-18(16,12-7-3-1-4-8-12)11-19(15,17)13-9-5-2-6-10-13/h1-10H. The van der Waals surface area contributed by atoms with Gasteiger partial charge in [0.15, 0.2) is 0 Å². The molecule has 2 unspecified atom stereocenters. The third-order valence-electron chi connectivity index (χ3n) is 2.76. The Morgan fingerprint density at radius 2 is 1.16 bits per heavy atom. The normalized spacial score (nSPS) is 29.9. The summed E-state index contributed by atoms with van der Waals surface area (Å²) in [5.74, 6) is 0. The zero-order valence-corrected chi connectivity index (χ0v) is 11.4. The van der Waals surface area contributed by atoms with Crippen LogP contribution in [0.5, 0.6) is 0 Å². The van der Waals surface area contributed by atoms with Crippen LogP contribution in [-0.2, 0) is 19.4 Å². The Kier molecular flexibility index (Phi) is 2.76. The van der Waals surface area contributed by atoms with Crippen molar-refractivity contribution in [3.8, 4) is 0 Å². The van der Waals surface area contributed by atoms with E-state index in [1.165, 1.54) is 24.3 Å². The quantitative estimate of drug-likeness (QED) is 0.630. The fraction of sp³-hybridized carbons (Fsp3) is 0. The van der Waals surface area contributed by atoms with E-state index >= 15 is 0 Å². The van der Waals surface area contributed by atoms with Crippen LogP contribution in [0.4, 0.5) is 4.48 Å². The topological polar surface area (TPSA) is 37.4 Å². The molecule has 0 aliphatic carbocycles. The fourth-order valence-electron chi connectivity index (χ4n) is 1.80. The molecule has 0 spiro atoms. The van der Waals surface area contributed by atoms with Crippen molar-refractivity contribution in [3.63, 3.8) is 0 Å². The number of hydrogen-bond donors (Lipinski definition) is 0. The minimum atomic E-state index is -3.26. The van der Waals surface area contributed by atoms with Gasteiger partial charge in [-0.25, -0.2) is 8.42 Å². The second-order valence-electron chi connectivity index (χ2n) is 3.97. The minimum Gasteiger partial charge on any atom is -0.235 e. The Balaban J connectivity index is 2.31. The Hall–Kier alpha value is -1.59.